The van der Waals surface area contributed by atoms with Gasteiger partial charge in [0.2, 0.25) is 5.91 Å². The van der Waals surface area contributed by atoms with Gasteiger partial charge in [0.15, 0.2) is 0 Å². The molecule has 1 N–H and O–H groups in total. The van der Waals surface area contributed by atoms with Crippen molar-refractivity contribution in [3.05, 3.63) is 59.8 Å². The molecular formula is C22H24N2O2. The van der Waals surface area contributed by atoms with Gasteiger partial charge in [0.1, 0.15) is 11.9 Å². The number of hydrogen-bond donors (Lipinski definition) is 1. The number of hydrogen-bond acceptors (Lipinski definition) is 3. The summed E-state index contributed by atoms with van der Waals surface area (Å²) in [6, 6.07) is 10.3. The standard InChI is InChI=1S/C22H24N2O2/c1-15-10-11-20(23-13-15)19-9-5-8-17-12-18(26-21(17)19)14-24-22(25)16-6-3-2-4-7-16/h2-3,5,8-11,13,16,18H,4,6-7,12,14H2,1H3,(H,24,25)/t16-,18+/m0/s1. The van der Waals surface area contributed by atoms with Crippen LogP contribution in [0.4, 0.5) is 0 Å². The summed E-state index contributed by atoms with van der Waals surface area (Å²) in [5.41, 5.74) is 4.27. The number of carbonyl (C=O) groups is 1. The molecule has 2 atom stereocenters. The van der Waals surface area contributed by atoms with E-state index in [1.165, 1.54) is 5.56 Å². The molecule has 1 amide bonds. The van der Waals surface area contributed by atoms with Crippen LogP contribution in [0.2, 0.25) is 0 Å². The Morgan fingerprint density at radius 1 is 1.27 bits per heavy atom. The molecular weight excluding hydrogens is 324 g/mol. The minimum Gasteiger partial charge on any atom is -0.487 e. The van der Waals surface area contributed by atoms with E-state index in [1.54, 1.807) is 0 Å². The van der Waals surface area contributed by atoms with Crippen LogP contribution in [0.1, 0.15) is 30.4 Å². The number of ether oxygens (including phenoxy) is 1. The van der Waals surface area contributed by atoms with Crippen molar-refractivity contribution >= 4 is 5.91 Å². The Balaban J connectivity index is 1.42. The Kier molecular flexibility index (Phi) is 4.74. The molecule has 1 aromatic carbocycles. The molecule has 0 bridgehead atoms. The van der Waals surface area contributed by atoms with Crippen molar-refractivity contribution in [2.45, 2.75) is 38.7 Å². The number of fused-ring (bicyclic) bond motifs is 1. The van der Waals surface area contributed by atoms with Crippen molar-refractivity contribution in [1.82, 2.24) is 10.3 Å². The third-order valence-corrected chi connectivity index (χ3v) is 5.16. The predicted octanol–water partition coefficient (Wildman–Crippen LogP) is 3.83. The van der Waals surface area contributed by atoms with Crippen LogP contribution in [0.5, 0.6) is 5.75 Å². The lowest BCUT2D eigenvalue weighted by Gasteiger charge is -2.19. The fourth-order valence-corrected chi connectivity index (χ4v) is 3.67. The number of carbonyl (C=O) groups excluding carboxylic acids is 1. The Labute approximate surface area is 154 Å². The molecule has 26 heavy (non-hydrogen) atoms. The number of rotatable bonds is 4. The Hall–Kier alpha value is -2.62. The first-order chi connectivity index (χ1) is 12.7. The highest BCUT2D eigenvalue weighted by molar-refractivity contribution is 5.79. The quantitative estimate of drug-likeness (QED) is 0.854. The highest BCUT2D eigenvalue weighted by Gasteiger charge is 2.27. The smallest absolute Gasteiger partial charge is 0.223 e. The molecule has 2 heterocycles. The van der Waals surface area contributed by atoms with Crippen molar-refractivity contribution in [2.24, 2.45) is 5.92 Å². The van der Waals surface area contributed by atoms with Crippen molar-refractivity contribution in [3.8, 4) is 17.0 Å². The van der Waals surface area contributed by atoms with Crippen LogP contribution in [0.3, 0.4) is 0 Å². The SMILES string of the molecule is Cc1ccc(-c2cccc3c2O[C@@H](CNC(=O)[C@H]2CC=CCC2)C3)nc1. The molecule has 0 spiro atoms. The van der Waals surface area contributed by atoms with Gasteiger partial charge in [-0.1, -0.05) is 30.4 Å². The van der Waals surface area contributed by atoms with Crippen LogP contribution in [0.15, 0.2) is 48.7 Å². The molecule has 0 unspecified atom stereocenters. The number of benzene rings is 1. The molecule has 2 aliphatic rings. The number of aryl methyl sites for hydroxylation is 1. The van der Waals surface area contributed by atoms with E-state index >= 15 is 0 Å². The number of para-hydroxylation sites is 1. The van der Waals surface area contributed by atoms with Gasteiger partial charge in [0.05, 0.1) is 12.2 Å². The monoisotopic (exact) mass is 348 g/mol. The zero-order chi connectivity index (χ0) is 17.9. The minimum atomic E-state index is -0.0142. The molecule has 1 aromatic heterocycles. The summed E-state index contributed by atoms with van der Waals surface area (Å²) in [6.07, 6.45) is 9.73. The van der Waals surface area contributed by atoms with Crippen LogP contribution < -0.4 is 10.1 Å². The van der Waals surface area contributed by atoms with Gasteiger partial charge in [-0.05, 0) is 49.4 Å². The van der Waals surface area contributed by atoms with E-state index in [0.29, 0.717) is 6.54 Å². The highest BCUT2D eigenvalue weighted by Crippen LogP contribution is 2.37. The summed E-state index contributed by atoms with van der Waals surface area (Å²) in [4.78, 5) is 16.9. The summed E-state index contributed by atoms with van der Waals surface area (Å²) < 4.78 is 6.19. The highest BCUT2D eigenvalue weighted by atomic mass is 16.5. The fraction of sp³-hybridized carbons (Fsp3) is 0.364. The molecule has 0 saturated heterocycles. The number of nitrogens with zero attached hydrogens (tertiary/aromatic N) is 1. The molecule has 2 aromatic rings. The van der Waals surface area contributed by atoms with Gasteiger partial charge in [0, 0.05) is 24.1 Å². The van der Waals surface area contributed by atoms with E-state index in [2.05, 4.69) is 34.6 Å². The molecule has 4 nitrogen and oxygen atoms in total. The van der Waals surface area contributed by atoms with Gasteiger partial charge in [-0.2, -0.15) is 0 Å². The summed E-state index contributed by atoms with van der Waals surface area (Å²) in [7, 11) is 0. The average Bonchev–Trinajstić information content (AvgIpc) is 3.10. The topological polar surface area (TPSA) is 51.2 Å². The van der Waals surface area contributed by atoms with E-state index in [-0.39, 0.29) is 17.9 Å². The molecule has 4 heteroatoms. The largest absolute Gasteiger partial charge is 0.487 e. The van der Waals surface area contributed by atoms with Gasteiger partial charge in [-0.15, -0.1) is 0 Å². The number of pyridine rings is 1. The van der Waals surface area contributed by atoms with Crippen LogP contribution >= 0.6 is 0 Å². The lowest BCUT2D eigenvalue weighted by atomic mass is 9.93. The van der Waals surface area contributed by atoms with Crippen LogP contribution in [-0.2, 0) is 11.2 Å². The summed E-state index contributed by atoms with van der Waals surface area (Å²) >= 11 is 0. The van der Waals surface area contributed by atoms with E-state index in [1.807, 2.05) is 31.3 Å². The summed E-state index contributed by atoms with van der Waals surface area (Å²) in [6.45, 7) is 2.58. The first kappa shape index (κ1) is 16.8. The molecule has 0 fully saturated rings. The number of amides is 1. The van der Waals surface area contributed by atoms with E-state index in [9.17, 15) is 4.79 Å². The second kappa shape index (κ2) is 7.32. The van der Waals surface area contributed by atoms with E-state index in [0.717, 1.165) is 48.3 Å². The van der Waals surface area contributed by atoms with Crippen molar-refractivity contribution < 1.29 is 9.53 Å². The zero-order valence-electron chi connectivity index (χ0n) is 15.1. The first-order valence-electron chi connectivity index (χ1n) is 9.35. The van der Waals surface area contributed by atoms with Gasteiger partial charge in [-0.3, -0.25) is 9.78 Å². The van der Waals surface area contributed by atoms with E-state index in [4.69, 9.17) is 4.74 Å². The van der Waals surface area contributed by atoms with Crippen molar-refractivity contribution in [2.75, 3.05) is 6.54 Å². The van der Waals surface area contributed by atoms with Gasteiger partial charge in [-0.25, -0.2) is 0 Å². The van der Waals surface area contributed by atoms with Crippen LogP contribution in [-0.4, -0.2) is 23.5 Å². The third kappa shape index (κ3) is 3.50. The van der Waals surface area contributed by atoms with Gasteiger partial charge >= 0.3 is 0 Å². The van der Waals surface area contributed by atoms with Crippen molar-refractivity contribution in [3.63, 3.8) is 0 Å². The Morgan fingerprint density at radius 3 is 2.96 bits per heavy atom. The van der Waals surface area contributed by atoms with Crippen molar-refractivity contribution in [1.29, 1.82) is 0 Å². The second-order valence-corrected chi connectivity index (χ2v) is 7.19. The normalized spacial score (nSPS) is 21.1. The molecule has 0 saturated carbocycles. The van der Waals surface area contributed by atoms with Gasteiger partial charge < -0.3 is 10.1 Å². The molecule has 134 valence electrons. The first-order valence-corrected chi connectivity index (χ1v) is 9.35. The number of nitrogens with one attached hydrogen (secondary N) is 1. The fourth-order valence-electron chi connectivity index (χ4n) is 3.67. The average molecular weight is 348 g/mol. The Bertz CT molecular complexity index is 827. The third-order valence-electron chi connectivity index (χ3n) is 5.16. The maximum atomic E-state index is 12.3. The lowest BCUT2D eigenvalue weighted by molar-refractivity contribution is -0.125. The predicted molar refractivity (Wildman–Crippen MR) is 102 cm³/mol. The van der Waals surface area contributed by atoms with E-state index < -0.39 is 0 Å². The maximum absolute atomic E-state index is 12.3. The second-order valence-electron chi connectivity index (χ2n) is 7.19. The summed E-state index contributed by atoms with van der Waals surface area (Å²) in [5, 5.41) is 3.08. The maximum Gasteiger partial charge on any atom is 0.223 e. The van der Waals surface area contributed by atoms with Gasteiger partial charge in [0.25, 0.3) is 0 Å². The molecule has 1 aliphatic heterocycles. The molecule has 0 radical (unpaired) electrons. The molecule has 4 rings (SSSR count). The van der Waals surface area contributed by atoms with Crippen LogP contribution in [0.25, 0.3) is 11.3 Å². The number of aromatic nitrogens is 1. The van der Waals surface area contributed by atoms with Crippen LogP contribution in [0, 0.1) is 12.8 Å². The minimum absolute atomic E-state index is 0.0142. The zero-order valence-corrected chi connectivity index (χ0v) is 15.1. The lowest BCUT2D eigenvalue weighted by Crippen LogP contribution is -2.38. The summed E-state index contributed by atoms with van der Waals surface area (Å²) in [5.74, 6) is 1.16. The Morgan fingerprint density at radius 2 is 2.19 bits per heavy atom. The number of allylic oxidation sites excluding steroid dienone is 2. The molecule has 1 aliphatic carbocycles.